The summed E-state index contributed by atoms with van der Waals surface area (Å²) in [5, 5.41) is 3.71. The van der Waals surface area contributed by atoms with Gasteiger partial charge in [0.1, 0.15) is 11.4 Å². The molecule has 4 nitrogen and oxygen atoms in total. The second kappa shape index (κ2) is 6.20. The molecule has 1 fully saturated rings. The third-order valence-corrected chi connectivity index (χ3v) is 3.36. The molecule has 1 saturated heterocycles. The van der Waals surface area contributed by atoms with E-state index < -0.39 is 5.60 Å². The van der Waals surface area contributed by atoms with E-state index in [1.807, 2.05) is 20.8 Å². The number of ether oxygens (including phenoxy) is 1. The SMILES string of the molecule is CC(C)(C)OC(=O)N1CC(NCc2cc(Cl)ccc2F)C1. The van der Waals surface area contributed by atoms with Crippen LogP contribution in [0.1, 0.15) is 26.3 Å². The Labute approximate surface area is 129 Å². The van der Waals surface area contributed by atoms with Crippen LogP contribution in [0.3, 0.4) is 0 Å². The number of benzene rings is 1. The van der Waals surface area contributed by atoms with Crippen molar-refractivity contribution in [1.82, 2.24) is 10.2 Å². The van der Waals surface area contributed by atoms with Crippen molar-refractivity contribution in [3.63, 3.8) is 0 Å². The highest BCUT2D eigenvalue weighted by molar-refractivity contribution is 6.30. The maximum Gasteiger partial charge on any atom is 0.410 e. The molecule has 1 aromatic carbocycles. The summed E-state index contributed by atoms with van der Waals surface area (Å²) in [5.74, 6) is -0.282. The number of likely N-dealkylation sites (tertiary alicyclic amines) is 1. The van der Waals surface area contributed by atoms with E-state index in [0.717, 1.165) is 0 Å². The zero-order valence-corrected chi connectivity index (χ0v) is 13.2. The summed E-state index contributed by atoms with van der Waals surface area (Å²) < 4.78 is 18.8. The summed E-state index contributed by atoms with van der Waals surface area (Å²) in [4.78, 5) is 13.4. The van der Waals surface area contributed by atoms with E-state index in [0.29, 0.717) is 30.2 Å². The fraction of sp³-hybridized carbons (Fsp3) is 0.533. The molecule has 0 aliphatic carbocycles. The van der Waals surface area contributed by atoms with Gasteiger partial charge in [-0.15, -0.1) is 0 Å². The first kappa shape index (κ1) is 16.0. The van der Waals surface area contributed by atoms with Gasteiger partial charge in [-0.3, -0.25) is 0 Å². The third kappa shape index (κ3) is 4.58. The molecule has 1 amide bonds. The van der Waals surface area contributed by atoms with Gasteiger partial charge in [-0.05, 0) is 39.0 Å². The van der Waals surface area contributed by atoms with Gasteiger partial charge in [0.2, 0.25) is 0 Å². The van der Waals surface area contributed by atoms with Gasteiger partial charge < -0.3 is 15.0 Å². The molecule has 2 rings (SSSR count). The number of carbonyl (C=O) groups excluding carboxylic acids is 1. The summed E-state index contributed by atoms with van der Waals surface area (Å²) in [6, 6.07) is 4.63. The predicted octanol–water partition coefficient (Wildman–Crippen LogP) is 3.19. The van der Waals surface area contributed by atoms with Crippen molar-refractivity contribution in [1.29, 1.82) is 0 Å². The van der Waals surface area contributed by atoms with Gasteiger partial charge in [-0.25, -0.2) is 9.18 Å². The van der Waals surface area contributed by atoms with E-state index in [2.05, 4.69) is 5.32 Å². The van der Waals surface area contributed by atoms with Gasteiger partial charge in [-0.2, -0.15) is 0 Å². The lowest BCUT2D eigenvalue weighted by Gasteiger charge is -2.40. The summed E-state index contributed by atoms with van der Waals surface area (Å²) in [7, 11) is 0. The molecule has 1 aliphatic rings. The Morgan fingerprint density at radius 1 is 1.48 bits per heavy atom. The summed E-state index contributed by atoms with van der Waals surface area (Å²) >= 11 is 5.84. The van der Waals surface area contributed by atoms with Gasteiger partial charge in [-0.1, -0.05) is 11.6 Å². The lowest BCUT2D eigenvalue weighted by atomic mass is 10.1. The molecule has 1 aliphatic heterocycles. The molecular weight excluding hydrogens is 295 g/mol. The molecule has 0 saturated carbocycles. The monoisotopic (exact) mass is 314 g/mol. The average Bonchev–Trinajstić information content (AvgIpc) is 2.29. The number of carbonyl (C=O) groups is 1. The Hall–Kier alpha value is -1.33. The minimum Gasteiger partial charge on any atom is -0.444 e. The number of nitrogens with zero attached hydrogens (tertiary/aromatic N) is 1. The van der Waals surface area contributed by atoms with Crippen molar-refractivity contribution in [3.05, 3.63) is 34.6 Å². The average molecular weight is 315 g/mol. The van der Waals surface area contributed by atoms with Gasteiger partial charge >= 0.3 is 6.09 Å². The molecule has 1 N–H and O–H groups in total. The van der Waals surface area contributed by atoms with Gasteiger partial charge in [0.25, 0.3) is 0 Å². The van der Waals surface area contributed by atoms with Crippen molar-refractivity contribution < 1.29 is 13.9 Å². The van der Waals surface area contributed by atoms with Gasteiger partial charge in [0, 0.05) is 36.3 Å². The highest BCUT2D eigenvalue weighted by Crippen LogP contribution is 2.17. The maximum absolute atomic E-state index is 13.5. The first-order valence-electron chi connectivity index (χ1n) is 6.90. The van der Waals surface area contributed by atoms with Gasteiger partial charge in [0.05, 0.1) is 0 Å². The molecule has 0 spiro atoms. The Bertz CT molecular complexity index is 525. The van der Waals surface area contributed by atoms with E-state index in [-0.39, 0.29) is 18.0 Å². The molecule has 0 unspecified atom stereocenters. The van der Waals surface area contributed by atoms with E-state index in [1.54, 1.807) is 11.0 Å². The van der Waals surface area contributed by atoms with Crippen molar-refractivity contribution in [3.8, 4) is 0 Å². The van der Waals surface area contributed by atoms with Crippen molar-refractivity contribution in [2.45, 2.75) is 39.0 Å². The molecular formula is C15H20ClFN2O2. The molecule has 0 atom stereocenters. The number of nitrogens with one attached hydrogen (secondary N) is 1. The van der Waals surface area contributed by atoms with Crippen molar-refractivity contribution in [2.75, 3.05) is 13.1 Å². The van der Waals surface area contributed by atoms with E-state index in [1.165, 1.54) is 12.1 Å². The molecule has 0 bridgehead atoms. The van der Waals surface area contributed by atoms with Crippen LogP contribution in [-0.4, -0.2) is 35.7 Å². The lowest BCUT2D eigenvalue weighted by Crippen LogP contribution is -2.60. The fourth-order valence-corrected chi connectivity index (χ4v) is 2.21. The molecule has 21 heavy (non-hydrogen) atoms. The van der Waals surface area contributed by atoms with Crippen LogP contribution in [0, 0.1) is 5.82 Å². The molecule has 0 radical (unpaired) electrons. The van der Waals surface area contributed by atoms with Crippen LogP contribution < -0.4 is 5.32 Å². The zero-order chi connectivity index (χ0) is 15.6. The van der Waals surface area contributed by atoms with Crippen LogP contribution in [-0.2, 0) is 11.3 Å². The molecule has 1 heterocycles. The van der Waals surface area contributed by atoms with Crippen molar-refractivity contribution >= 4 is 17.7 Å². The second-order valence-electron chi connectivity index (χ2n) is 6.20. The highest BCUT2D eigenvalue weighted by atomic mass is 35.5. The third-order valence-electron chi connectivity index (χ3n) is 3.12. The molecule has 1 aromatic rings. The Balaban J connectivity index is 1.76. The summed E-state index contributed by atoms with van der Waals surface area (Å²) in [6.45, 7) is 7.03. The van der Waals surface area contributed by atoms with Crippen LogP contribution in [0.2, 0.25) is 5.02 Å². The summed E-state index contributed by atoms with van der Waals surface area (Å²) in [6.07, 6.45) is -0.311. The molecule has 0 aromatic heterocycles. The Morgan fingerprint density at radius 2 is 2.14 bits per heavy atom. The number of amides is 1. The first-order chi connectivity index (χ1) is 9.74. The minimum absolute atomic E-state index is 0.149. The molecule has 6 heteroatoms. The van der Waals surface area contributed by atoms with Crippen LogP contribution in [0.25, 0.3) is 0 Å². The minimum atomic E-state index is -0.487. The van der Waals surface area contributed by atoms with E-state index in [4.69, 9.17) is 16.3 Å². The zero-order valence-electron chi connectivity index (χ0n) is 12.5. The predicted molar refractivity (Wildman–Crippen MR) is 79.8 cm³/mol. The van der Waals surface area contributed by atoms with Crippen LogP contribution in [0.15, 0.2) is 18.2 Å². The maximum atomic E-state index is 13.5. The Kier molecular flexibility index (Phi) is 4.74. The van der Waals surface area contributed by atoms with Crippen LogP contribution in [0.4, 0.5) is 9.18 Å². The highest BCUT2D eigenvalue weighted by Gasteiger charge is 2.33. The standard InChI is InChI=1S/C15H20ClFN2O2/c1-15(2,3)21-14(20)19-8-12(9-19)18-7-10-6-11(16)4-5-13(10)17/h4-6,12,18H,7-9H2,1-3H3. The number of hydrogen-bond donors (Lipinski definition) is 1. The van der Waals surface area contributed by atoms with E-state index >= 15 is 0 Å². The number of halogens is 2. The second-order valence-corrected chi connectivity index (χ2v) is 6.64. The summed E-state index contributed by atoms with van der Waals surface area (Å²) in [5.41, 5.74) is 0.0395. The first-order valence-corrected chi connectivity index (χ1v) is 7.27. The smallest absolute Gasteiger partial charge is 0.410 e. The largest absolute Gasteiger partial charge is 0.444 e. The lowest BCUT2D eigenvalue weighted by molar-refractivity contribution is 0.00516. The quantitative estimate of drug-likeness (QED) is 0.931. The normalized spacial score (nSPS) is 15.8. The topological polar surface area (TPSA) is 41.6 Å². The fourth-order valence-electron chi connectivity index (χ4n) is 2.02. The van der Waals surface area contributed by atoms with Crippen LogP contribution in [0.5, 0.6) is 0 Å². The van der Waals surface area contributed by atoms with E-state index in [9.17, 15) is 9.18 Å². The number of rotatable bonds is 3. The number of hydrogen-bond acceptors (Lipinski definition) is 3. The van der Waals surface area contributed by atoms with Crippen LogP contribution >= 0.6 is 11.6 Å². The van der Waals surface area contributed by atoms with Crippen molar-refractivity contribution in [2.24, 2.45) is 0 Å². The van der Waals surface area contributed by atoms with Gasteiger partial charge in [0.15, 0.2) is 0 Å². The Morgan fingerprint density at radius 3 is 2.76 bits per heavy atom. The molecule has 116 valence electrons.